The monoisotopic (exact) mass is 474 g/mol. The third-order valence-corrected chi connectivity index (χ3v) is 8.19. The smallest absolute Gasteiger partial charge is 0.273 e. The molecule has 0 spiro atoms. The van der Waals surface area contributed by atoms with Gasteiger partial charge in [-0.1, -0.05) is 26.8 Å². The van der Waals surface area contributed by atoms with Crippen LogP contribution in [0.15, 0.2) is 35.3 Å². The Morgan fingerprint density at radius 2 is 1.77 bits per heavy atom. The average molecular weight is 475 g/mol. The van der Waals surface area contributed by atoms with Crippen molar-refractivity contribution in [3.63, 3.8) is 0 Å². The van der Waals surface area contributed by atoms with E-state index in [4.69, 9.17) is 0 Å². The predicted molar refractivity (Wildman–Crippen MR) is 148 cm³/mol. The molecule has 5 heteroatoms. The predicted octanol–water partition coefficient (Wildman–Crippen LogP) is 6.24. The van der Waals surface area contributed by atoms with Crippen LogP contribution in [-0.2, 0) is 7.05 Å². The Bertz CT molecular complexity index is 1220. The van der Waals surface area contributed by atoms with Gasteiger partial charge in [0.25, 0.3) is 5.56 Å². The largest absolute Gasteiger partial charge is 0.367 e. The number of nitrogens with zero attached hydrogens (tertiary/aromatic N) is 3. The fourth-order valence-electron chi connectivity index (χ4n) is 6.31. The van der Waals surface area contributed by atoms with Crippen LogP contribution in [0.4, 0.5) is 5.69 Å². The van der Waals surface area contributed by atoms with E-state index in [0.29, 0.717) is 11.8 Å². The average Bonchev–Trinajstić information content (AvgIpc) is 3.26. The number of aryl methyl sites for hydroxylation is 1. The number of likely N-dealkylation sites (tertiary alicyclic amines) is 1. The van der Waals surface area contributed by atoms with E-state index in [2.05, 4.69) is 59.8 Å². The van der Waals surface area contributed by atoms with E-state index in [-0.39, 0.29) is 5.56 Å². The minimum atomic E-state index is 0.106. The van der Waals surface area contributed by atoms with Crippen LogP contribution in [0.2, 0.25) is 0 Å². The zero-order valence-corrected chi connectivity index (χ0v) is 22.1. The van der Waals surface area contributed by atoms with E-state index < -0.39 is 0 Å². The van der Waals surface area contributed by atoms with Gasteiger partial charge in [0, 0.05) is 42.8 Å². The van der Waals surface area contributed by atoms with E-state index >= 15 is 0 Å². The Kier molecular flexibility index (Phi) is 7.06. The normalized spacial score (nSPS) is 18.1. The van der Waals surface area contributed by atoms with Crippen molar-refractivity contribution in [2.24, 2.45) is 7.05 Å². The van der Waals surface area contributed by atoms with E-state index in [1.54, 1.807) is 4.57 Å². The van der Waals surface area contributed by atoms with Gasteiger partial charge in [0.15, 0.2) is 0 Å². The number of aromatic nitrogens is 2. The molecule has 1 aromatic carbocycles. The summed E-state index contributed by atoms with van der Waals surface area (Å²) in [7, 11) is 1.89. The SMILES string of the molecule is CCCN1CCC(c2ccc3[nH]c(-c4cc(N5CCCCC5)c(=O)n(C)c4)c(C(C)C)c3c2)CC1. The molecule has 2 fully saturated rings. The van der Waals surface area contributed by atoms with Crippen molar-refractivity contribution >= 4 is 16.6 Å². The van der Waals surface area contributed by atoms with Crippen LogP contribution in [0.1, 0.15) is 82.3 Å². The summed E-state index contributed by atoms with van der Waals surface area (Å²) in [4.78, 5) is 21.7. The molecule has 3 aromatic rings. The molecular formula is C30H42N4O. The number of pyridine rings is 1. The summed E-state index contributed by atoms with van der Waals surface area (Å²) in [5, 5.41) is 1.34. The van der Waals surface area contributed by atoms with Crippen molar-refractivity contribution in [3.8, 4) is 11.3 Å². The summed E-state index contributed by atoms with van der Waals surface area (Å²) >= 11 is 0. The first kappa shape index (κ1) is 24.2. The highest BCUT2D eigenvalue weighted by atomic mass is 16.1. The topological polar surface area (TPSA) is 44.3 Å². The Hall–Kier alpha value is -2.53. The van der Waals surface area contributed by atoms with Gasteiger partial charge in [-0.2, -0.15) is 0 Å². The number of hydrogen-bond donors (Lipinski definition) is 1. The molecule has 5 nitrogen and oxygen atoms in total. The lowest BCUT2D eigenvalue weighted by Gasteiger charge is -2.32. The van der Waals surface area contributed by atoms with E-state index in [9.17, 15) is 4.79 Å². The van der Waals surface area contributed by atoms with Gasteiger partial charge >= 0.3 is 0 Å². The standard InChI is InChI=1S/C30H42N4O/c1-5-13-33-16-11-22(12-17-33)23-9-10-26-25(18-23)28(21(2)3)29(31-26)24-19-27(30(35)32(4)20-24)34-14-7-6-8-15-34/h9-10,18-22,31H,5-8,11-17H2,1-4H3. The molecule has 0 radical (unpaired) electrons. The first-order valence-electron chi connectivity index (χ1n) is 13.8. The number of H-pyrrole nitrogens is 1. The molecule has 2 aliphatic heterocycles. The second-order valence-electron chi connectivity index (χ2n) is 11.1. The molecule has 0 aliphatic carbocycles. The van der Waals surface area contributed by atoms with Crippen LogP contribution in [0.5, 0.6) is 0 Å². The van der Waals surface area contributed by atoms with Crippen LogP contribution < -0.4 is 10.5 Å². The van der Waals surface area contributed by atoms with E-state index in [1.807, 2.05) is 13.2 Å². The number of hydrogen-bond acceptors (Lipinski definition) is 3. The Morgan fingerprint density at radius 3 is 2.46 bits per heavy atom. The van der Waals surface area contributed by atoms with Crippen molar-refractivity contribution in [1.82, 2.24) is 14.5 Å². The highest BCUT2D eigenvalue weighted by Crippen LogP contribution is 2.38. The fraction of sp³-hybridized carbons (Fsp3) is 0.567. The van der Waals surface area contributed by atoms with Crippen molar-refractivity contribution in [1.29, 1.82) is 0 Å². The van der Waals surface area contributed by atoms with Crippen LogP contribution in [0, 0.1) is 0 Å². The van der Waals surface area contributed by atoms with Crippen LogP contribution in [-0.4, -0.2) is 47.2 Å². The highest BCUT2D eigenvalue weighted by Gasteiger charge is 2.23. The summed E-state index contributed by atoms with van der Waals surface area (Å²) in [6.45, 7) is 12.4. The maximum Gasteiger partial charge on any atom is 0.273 e. The van der Waals surface area contributed by atoms with Gasteiger partial charge in [-0.05, 0) is 99.3 Å². The van der Waals surface area contributed by atoms with Crippen molar-refractivity contribution in [3.05, 3.63) is 51.9 Å². The van der Waals surface area contributed by atoms with Crippen molar-refractivity contribution in [2.75, 3.05) is 37.6 Å². The maximum atomic E-state index is 13.0. The molecule has 4 heterocycles. The summed E-state index contributed by atoms with van der Waals surface area (Å²) in [5.41, 5.74) is 7.28. The highest BCUT2D eigenvalue weighted by molar-refractivity contribution is 5.92. The third-order valence-electron chi connectivity index (χ3n) is 8.19. The van der Waals surface area contributed by atoms with Gasteiger partial charge in [0.1, 0.15) is 5.69 Å². The lowest BCUT2D eigenvalue weighted by molar-refractivity contribution is 0.213. The van der Waals surface area contributed by atoms with Gasteiger partial charge in [-0.15, -0.1) is 0 Å². The van der Waals surface area contributed by atoms with Gasteiger partial charge in [-0.25, -0.2) is 0 Å². The molecule has 0 unspecified atom stereocenters. The van der Waals surface area contributed by atoms with Gasteiger partial charge in [0.2, 0.25) is 0 Å². The lowest BCUT2D eigenvalue weighted by Crippen LogP contribution is -2.35. The third kappa shape index (κ3) is 4.80. The lowest BCUT2D eigenvalue weighted by atomic mass is 9.87. The molecule has 0 bridgehead atoms. The molecule has 0 saturated carbocycles. The molecular weight excluding hydrogens is 432 g/mol. The molecule has 0 amide bonds. The van der Waals surface area contributed by atoms with Crippen molar-refractivity contribution < 1.29 is 0 Å². The summed E-state index contributed by atoms with van der Waals surface area (Å²) in [6, 6.07) is 9.21. The summed E-state index contributed by atoms with van der Waals surface area (Å²) in [6.07, 6.45) is 9.34. The minimum absolute atomic E-state index is 0.106. The second kappa shape index (κ2) is 10.2. The fourth-order valence-corrected chi connectivity index (χ4v) is 6.31. The summed E-state index contributed by atoms with van der Waals surface area (Å²) in [5.74, 6) is 1.03. The molecule has 2 aliphatic rings. The zero-order chi connectivity index (χ0) is 24.5. The Balaban J connectivity index is 1.53. The molecule has 2 saturated heterocycles. The second-order valence-corrected chi connectivity index (χ2v) is 11.1. The first-order valence-corrected chi connectivity index (χ1v) is 13.8. The van der Waals surface area contributed by atoms with Crippen molar-refractivity contribution in [2.45, 2.75) is 71.1 Å². The zero-order valence-electron chi connectivity index (χ0n) is 22.1. The molecule has 35 heavy (non-hydrogen) atoms. The molecule has 1 N–H and O–H groups in total. The van der Waals surface area contributed by atoms with E-state index in [0.717, 1.165) is 37.2 Å². The molecule has 5 rings (SSSR count). The van der Waals surface area contributed by atoms with Gasteiger partial charge in [-0.3, -0.25) is 4.79 Å². The van der Waals surface area contributed by atoms with Gasteiger partial charge < -0.3 is 19.4 Å². The molecule has 2 aromatic heterocycles. The van der Waals surface area contributed by atoms with Gasteiger partial charge in [0.05, 0.1) is 5.69 Å². The maximum absolute atomic E-state index is 13.0. The molecule has 188 valence electrons. The Labute approximate surface area is 210 Å². The first-order chi connectivity index (χ1) is 17.0. The number of nitrogens with one attached hydrogen (secondary N) is 1. The number of piperidine rings is 2. The number of anilines is 1. The van der Waals surface area contributed by atoms with E-state index in [1.165, 1.54) is 73.0 Å². The number of benzene rings is 1. The number of rotatable bonds is 6. The Morgan fingerprint density at radius 1 is 1.03 bits per heavy atom. The summed E-state index contributed by atoms with van der Waals surface area (Å²) < 4.78 is 1.77. The number of fused-ring (bicyclic) bond motifs is 1. The number of aromatic amines is 1. The quantitative estimate of drug-likeness (QED) is 0.460. The van der Waals surface area contributed by atoms with Crippen LogP contribution in [0.3, 0.4) is 0 Å². The van der Waals surface area contributed by atoms with Crippen LogP contribution in [0.25, 0.3) is 22.2 Å². The minimum Gasteiger partial charge on any atom is -0.367 e. The molecule has 0 atom stereocenters. The van der Waals surface area contributed by atoms with Crippen LogP contribution >= 0.6 is 0 Å².